The summed E-state index contributed by atoms with van der Waals surface area (Å²) in [4.78, 5) is 26.1. The molecule has 0 aromatic heterocycles. The predicted molar refractivity (Wildman–Crippen MR) is 143 cm³/mol. The van der Waals surface area contributed by atoms with Gasteiger partial charge in [0.15, 0.2) is 0 Å². The number of sulfonamides is 1. The van der Waals surface area contributed by atoms with Gasteiger partial charge in [-0.1, -0.05) is 28.1 Å². The Hall–Kier alpha value is -3.42. The van der Waals surface area contributed by atoms with Gasteiger partial charge in [0.2, 0.25) is 10.0 Å². The van der Waals surface area contributed by atoms with Gasteiger partial charge >= 0.3 is 12.1 Å². The summed E-state index contributed by atoms with van der Waals surface area (Å²) < 4.78 is 68.0. The van der Waals surface area contributed by atoms with E-state index >= 15 is 0 Å². The second kappa shape index (κ2) is 11.0. The van der Waals surface area contributed by atoms with E-state index in [1.54, 1.807) is 24.0 Å². The second-order valence-electron chi connectivity index (χ2n) is 8.87. The zero-order chi connectivity index (χ0) is 28.5. The van der Waals surface area contributed by atoms with Crippen LogP contribution in [0.15, 0.2) is 70.0 Å². The van der Waals surface area contributed by atoms with Crippen LogP contribution >= 0.6 is 15.9 Å². The first-order chi connectivity index (χ1) is 18.3. The fraction of sp³-hybridized carbons (Fsp3) is 0.231. The van der Waals surface area contributed by atoms with Crippen LogP contribution in [0.4, 0.5) is 24.5 Å². The predicted octanol–water partition coefficient (Wildman–Crippen LogP) is 5.24. The van der Waals surface area contributed by atoms with E-state index in [0.29, 0.717) is 15.7 Å². The SMILES string of the molecule is Cc1ccc(C(=O)Nc2ccc(Br)cc2C(=O)O)cc1S(=O)(=O)N1CCN(c2cccc(C(F)(F)F)c2)CC1. The Kier molecular flexibility index (Phi) is 8.05. The number of alkyl halides is 3. The molecule has 3 aromatic carbocycles. The zero-order valence-electron chi connectivity index (χ0n) is 20.5. The number of piperazine rings is 1. The van der Waals surface area contributed by atoms with Crippen LogP contribution in [0.2, 0.25) is 0 Å². The van der Waals surface area contributed by atoms with Crippen molar-refractivity contribution in [2.75, 3.05) is 36.4 Å². The first-order valence-corrected chi connectivity index (χ1v) is 13.9. The molecule has 1 fully saturated rings. The Morgan fingerprint density at radius 1 is 0.974 bits per heavy atom. The number of nitrogens with zero attached hydrogens (tertiary/aromatic N) is 2. The van der Waals surface area contributed by atoms with Crippen molar-refractivity contribution < 1.29 is 36.3 Å². The van der Waals surface area contributed by atoms with Crippen LogP contribution in [0.1, 0.15) is 31.8 Å². The largest absolute Gasteiger partial charge is 0.478 e. The monoisotopic (exact) mass is 625 g/mol. The zero-order valence-corrected chi connectivity index (χ0v) is 22.9. The van der Waals surface area contributed by atoms with E-state index in [0.717, 1.165) is 12.1 Å². The molecule has 0 radical (unpaired) electrons. The number of carboxylic acids is 1. The van der Waals surface area contributed by atoms with Gasteiger partial charge in [0.1, 0.15) is 0 Å². The van der Waals surface area contributed by atoms with E-state index in [-0.39, 0.29) is 47.9 Å². The van der Waals surface area contributed by atoms with Crippen molar-refractivity contribution in [2.24, 2.45) is 0 Å². The number of carboxylic acid groups (broad SMARTS) is 1. The number of amides is 1. The second-order valence-corrected chi connectivity index (χ2v) is 11.7. The highest BCUT2D eigenvalue weighted by Crippen LogP contribution is 2.32. The number of carbonyl (C=O) groups excluding carboxylic acids is 1. The Labute approximate surface area is 231 Å². The highest BCUT2D eigenvalue weighted by atomic mass is 79.9. The van der Waals surface area contributed by atoms with Crippen LogP contribution in [0.3, 0.4) is 0 Å². The summed E-state index contributed by atoms with van der Waals surface area (Å²) in [6, 6.07) is 13.4. The van der Waals surface area contributed by atoms with Gasteiger partial charge in [-0.2, -0.15) is 17.5 Å². The summed E-state index contributed by atoms with van der Waals surface area (Å²) >= 11 is 3.19. The molecule has 39 heavy (non-hydrogen) atoms. The topological polar surface area (TPSA) is 107 Å². The van der Waals surface area contributed by atoms with Crippen LogP contribution in [-0.2, 0) is 16.2 Å². The van der Waals surface area contributed by atoms with E-state index in [1.807, 2.05) is 0 Å². The molecule has 0 unspecified atom stereocenters. The smallest absolute Gasteiger partial charge is 0.416 e. The van der Waals surface area contributed by atoms with Crippen LogP contribution in [0.25, 0.3) is 0 Å². The van der Waals surface area contributed by atoms with Gasteiger partial charge in [-0.3, -0.25) is 4.79 Å². The minimum absolute atomic E-state index is 0.0148. The third kappa shape index (κ3) is 6.26. The number of nitrogens with one attached hydrogen (secondary N) is 1. The lowest BCUT2D eigenvalue weighted by Crippen LogP contribution is -2.48. The van der Waals surface area contributed by atoms with Gasteiger partial charge in [-0.15, -0.1) is 0 Å². The summed E-state index contributed by atoms with van der Waals surface area (Å²) in [6.07, 6.45) is -4.48. The highest BCUT2D eigenvalue weighted by molar-refractivity contribution is 9.10. The first kappa shape index (κ1) is 28.6. The Balaban J connectivity index is 1.52. The van der Waals surface area contributed by atoms with Gasteiger partial charge in [0, 0.05) is 41.9 Å². The lowest BCUT2D eigenvalue weighted by molar-refractivity contribution is -0.137. The third-order valence-corrected chi connectivity index (χ3v) is 8.84. The molecule has 0 aliphatic carbocycles. The molecular formula is C26H23BrF3N3O5S. The van der Waals surface area contributed by atoms with Crippen LogP contribution in [-0.4, -0.2) is 55.9 Å². The van der Waals surface area contributed by atoms with E-state index in [4.69, 9.17) is 0 Å². The number of hydrogen-bond donors (Lipinski definition) is 2. The molecule has 4 rings (SSSR count). The molecular weight excluding hydrogens is 603 g/mol. The molecule has 0 saturated carbocycles. The maximum Gasteiger partial charge on any atom is 0.416 e. The first-order valence-electron chi connectivity index (χ1n) is 11.6. The molecule has 13 heteroatoms. The lowest BCUT2D eigenvalue weighted by Gasteiger charge is -2.35. The number of aromatic carboxylic acids is 1. The Morgan fingerprint density at radius 2 is 1.67 bits per heavy atom. The summed E-state index contributed by atoms with van der Waals surface area (Å²) in [7, 11) is -4.04. The molecule has 2 N–H and O–H groups in total. The van der Waals surface area contributed by atoms with Crippen molar-refractivity contribution in [3.8, 4) is 0 Å². The molecule has 1 aliphatic heterocycles. The van der Waals surface area contributed by atoms with Gasteiger partial charge in [-0.05, 0) is 61.0 Å². The van der Waals surface area contributed by atoms with Gasteiger partial charge in [0.05, 0.1) is 21.7 Å². The van der Waals surface area contributed by atoms with Gasteiger partial charge in [-0.25, -0.2) is 13.2 Å². The molecule has 1 saturated heterocycles. The van der Waals surface area contributed by atoms with Crippen molar-refractivity contribution in [2.45, 2.75) is 18.0 Å². The molecule has 1 aliphatic rings. The number of hydrogen-bond acceptors (Lipinski definition) is 5. The normalized spacial score (nSPS) is 14.7. The third-order valence-electron chi connectivity index (χ3n) is 6.31. The van der Waals surface area contributed by atoms with Crippen molar-refractivity contribution in [1.82, 2.24) is 4.31 Å². The standard InChI is InChI=1S/C26H23BrF3N3O5S/c1-16-5-6-17(24(34)31-22-8-7-19(27)15-21(22)25(35)36)13-23(16)39(37,38)33-11-9-32(10-12-33)20-4-2-3-18(14-20)26(28,29)30/h2-8,13-15H,9-12H2,1H3,(H,31,34)(H,35,36). The molecule has 0 spiro atoms. The molecule has 0 bridgehead atoms. The van der Waals surface area contributed by atoms with Gasteiger partial charge < -0.3 is 15.3 Å². The molecule has 3 aromatic rings. The quantitative estimate of drug-likeness (QED) is 0.388. The summed E-state index contributed by atoms with van der Waals surface area (Å²) in [5.41, 5.74) is -0.102. The van der Waals surface area contributed by atoms with Crippen molar-refractivity contribution in [3.05, 3.63) is 87.4 Å². The Bertz CT molecular complexity index is 1540. The van der Waals surface area contributed by atoms with Crippen LogP contribution < -0.4 is 10.2 Å². The van der Waals surface area contributed by atoms with Crippen LogP contribution in [0.5, 0.6) is 0 Å². The Morgan fingerprint density at radius 3 is 2.31 bits per heavy atom. The number of aryl methyl sites for hydroxylation is 1. The average Bonchev–Trinajstić information content (AvgIpc) is 2.89. The van der Waals surface area contributed by atoms with E-state index in [9.17, 15) is 36.3 Å². The minimum atomic E-state index is -4.48. The van der Waals surface area contributed by atoms with E-state index < -0.39 is 33.6 Å². The fourth-order valence-electron chi connectivity index (χ4n) is 4.22. The number of carbonyl (C=O) groups is 2. The van der Waals surface area contributed by atoms with E-state index in [1.165, 1.54) is 40.7 Å². The molecule has 1 amide bonds. The molecule has 8 nitrogen and oxygen atoms in total. The van der Waals surface area contributed by atoms with Crippen molar-refractivity contribution in [3.63, 3.8) is 0 Å². The van der Waals surface area contributed by atoms with Crippen molar-refractivity contribution >= 4 is 49.2 Å². The fourth-order valence-corrected chi connectivity index (χ4v) is 6.25. The lowest BCUT2D eigenvalue weighted by atomic mass is 10.1. The number of rotatable bonds is 6. The van der Waals surface area contributed by atoms with Crippen LogP contribution in [0, 0.1) is 6.92 Å². The number of halogens is 4. The number of benzene rings is 3. The summed E-state index contributed by atoms with van der Waals surface area (Å²) in [6.45, 7) is 2.03. The maximum absolute atomic E-state index is 13.5. The molecule has 206 valence electrons. The molecule has 0 atom stereocenters. The number of anilines is 2. The summed E-state index contributed by atoms with van der Waals surface area (Å²) in [5.74, 6) is -1.94. The maximum atomic E-state index is 13.5. The van der Waals surface area contributed by atoms with E-state index in [2.05, 4.69) is 21.2 Å². The average molecular weight is 626 g/mol. The highest BCUT2D eigenvalue weighted by Gasteiger charge is 2.33. The summed E-state index contributed by atoms with van der Waals surface area (Å²) in [5, 5.41) is 12.0. The van der Waals surface area contributed by atoms with Gasteiger partial charge in [0.25, 0.3) is 5.91 Å². The van der Waals surface area contributed by atoms with Crippen molar-refractivity contribution in [1.29, 1.82) is 0 Å². The molecule has 1 heterocycles. The minimum Gasteiger partial charge on any atom is -0.478 e.